The zero-order valence-corrected chi connectivity index (χ0v) is 14.3. The van der Waals surface area contributed by atoms with E-state index in [0.717, 1.165) is 38.4 Å². The maximum atomic E-state index is 11.3. The van der Waals surface area contributed by atoms with Crippen molar-refractivity contribution in [2.75, 3.05) is 32.8 Å². The van der Waals surface area contributed by atoms with Gasteiger partial charge >= 0.3 is 5.97 Å². The quantitative estimate of drug-likeness (QED) is 0.299. The lowest BCUT2D eigenvalue weighted by Crippen LogP contribution is -2.47. The number of nitrogens with zero attached hydrogens (tertiary/aromatic N) is 2. The molecule has 0 saturated carbocycles. The fourth-order valence-electron chi connectivity index (χ4n) is 2.78. The molecule has 7 heteroatoms. The van der Waals surface area contributed by atoms with E-state index in [0.29, 0.717) is 38.3 Å². The van der Waals surface area contributed by atoms with Gasteiger partial charge in [-0.2, -0.15) is 0 Å². The van der Waals surface area contributed by atoms with Gasteiger partial charge in [-0.15, -0.1) is 0 Å². The first kappa shape index (κ1) is 19.3. The van der Waals surface area contributed by atoms with Crippen LogP contribution in [0.2, 0.25) is 0 Å². The largest absolute Gasteiger partial charge is 0.466 e. The second kappa shape index (κ2) is 10.9. The minimum absolute atomic E-state index is 0.174. The van der Waals surface area contributed by atoms with E-state index in [1.54, 1.807) is 6.92 Å². The first-order valence-corrected chi connectivity index (χ1v) is 8.54. The highest BCUT2D eigenvalue weighted by Crippen LogP contribution is 2.19. The van der Waals surface area contributed by atoms with Crippen molar-refractivity contribution in [1.82, 2.24) is 10.2 Å². The fraction of sp³-hybridized carbons (Fsp3) is 0.812. The second-order valence-corrected chi connectivity index (χ2v) is 5.77. The number of aliphatic imine (C=N–C) groups is 1. The van der Waals surface area contributed by atoms with Gasteiger partial charge in [0.25, 0.3) is 0 Å². The van der Waals surface area contributed by atoms with Gasteiger partial charge in [-0.25, -0.2) is 0 Å². The molecule has 0 aromatic rings. The van der Waals surface area contributed by atoms with Crippen molar-refractivity contribution in [3.63, 3.8) is 0 Å². The number of amides is 1. The van der Waals surface area contributed by atoms with Gasteiger partial charge in [-0.1, -0.05) is 0 Å². The van der Waals surface area contributed by atoms with E-state index < -0.39 is 0 Å². The summed E-state index contributed by atoms with van der Waals surface area (Å²) < 4.78 is 4.91. The molecule has 23 heavy (non-hydrogen) atoms. The molecule has 0 aliphatic carbocycles. The minimum Gasteiger partial charge on any atom is -0.466 e. The van der Waals surface area contributed by atoms with Crippen molar-refractivity contribution in [3.05, 3.63) is 0 Å². The molecule has 1 aliphatic heterocycles. The summed E-state index contributed by atoms with van der Waals surface area (Å²) in [5.41, 5.74) is 5.31. The van der Waals surface area contributed by atoms with Crippen LogP contribution in [0.4, 0.5) is 0 Å². The molecule has 1 heterocycles. The monoisotopic (exact) mass is 326 g/mol. The minimum atomic E-state index is -0.242. The van der Waals surface area contributed by atoms with E-state index in [1.165, 1.54) is 0 Å². The molecule has 0 aromatic carbocycles. The fourth-order valence-corrected chi connectivity index (χ4v) is 2.78. The molecule has 7 nitrogen and oxygen atoms in total. The van der Waals surface area contributed by atoms with Crippen molar-refractivity contribution >= 4 is 17.8 Å². The lowest BCUT2D eigenvalue weighted by atomic mass is 9.95. The average molecular weight is 326 g/mol. The number of nitrogens with two attached hydrogens (primary N) is 1. The molecule has 1 fully saturated rings. The number of carbonyl (C=O) groups excluding carboxylic acids is 2. The number of primary amides is 1. The molecule has 0 aromatic heterocycles. The van der Waals surface area contributed by atoms with E-state index in [1.807, 2.05) is 6.92 Å². The van der Waals surface area contributed by atoms with Gasteiger partial charge in [0.15, 0.2) is 5.96 Å². The van der Waals surface area contributed by atoms with Gasteiger partial charge in [0.05, 0.1) is 6.61 Å². The van der Waals surface area contributed by atoms with Crippen LogP contribution in [0.1, 0.15) is 46.0 Å². The van der Waals surface area contributed by atoms with E-state index in [4.69, 9.17) is 10.5 Å². The molecular formula is C16H30N4O3. The van der Waals surface area contributed by atoms with Crippen LogP contribution in [0.25, 0.3) is 0 Å². The summed E-state index contributed by atoms with van der Waals surface area (Å²) >= 11 is 0. The topological polar surface area (TPSA) is 97.0 Å². The third-order valence-corrected chi connectivity index (χ3v) is 3.75. The molecule has 0 bridgehead atoms. The first-order valence-electron chi connectivity index (χ1n) is 8.54. The molecule has 0 spiro atoms. The summed E-state index contributed by atoms with van der Waals surface area (Å²) in [5.74, 6) is 0.732. The van der Waals surface area contributed by atoms with Crippen molar-refractivity contribution in [2.24, 2.45) is 16.6 Å². The van der Waals surface area contributed by atoms with Gasteiger partial charge in [0, 0.05) is 39.0 Å². The molecule has 132 valence electrons. The maximum Gasteiger partial charge on any atom is 0.305 e. The Morgan fingerprint density at radius 3 is 2.83 bits per heavy atom. The van der Waals surface area contributed by atoms with Crippen LogP contribution in [0, 0.1) is 5.92 Å². The molecule has 3 N–H and O–H groups in total. The zero-order chi connectivity index (χ0) is 17.1. The van der Waals surface area contributed by atoms with Crippen molar-refractivity contribution in [1.29, 1.82) is 0 Å². The Balaban J connectivity index is 2.50. The van der Waals surface area contributed by atoms with E-state index in [2.05, 4.69) is 15.2 Å². The first-order chi connectivity index (χ1) is 11.1. The zero-order valence-electron chi connectivity index (χ0n) is 14.3. The molecule has 1 aliphatic rings. The standard InChI is InChI=1S/C16H30N4O3/c1-3-18-16(19-9-5-8-15(22)23-4-2)20-10-6-7-13(12-20)11-14(17)21/h13H,3-12H2,1-2H3,(H2,17,21)(H,18,19). The smallest absolute Gasteiger partial charge is 0.305 e. The van der Waals surface area contributed by atoms with Crippen molar-refractivity contribution in [2.45, 2.75) is 46.0 Å². The van der Waals surface area contributed by atoms with Crippen LogP contribution in [-0.2, 0) is 14.3 Å². The molecule has 1 amide bonds. The number of guanidine groups is 1. The van der Waals surface area contributed by atoms with E-state index in [9.17, 15) is 9.59 Å². The SMILES string of the molecule is CCNC(=NCCCC(=O)OCC)N1CCCC(CC(N)=O)C1. The highest BCUT2D eigenvalue weighted by Gasteiger charge is 2.23. The molecule has 1 unspecified atom stereocenters. The third kappa shape index (κ3) is 7.85. The number of hydrogen-bond donors (Lipinski definition) is 2. The summed E-state index contributed by atoms with van der Waals surface area (Å²) in [6, 6.07) is 0. The molecular weight excluding hydrogens is 296 g/mol. The normalized spacial score (nSPS) is 18.6. The Morgan fingerprint density at radius 1 is 1.39 bits per heavy atom. The van der Waals surface area contributed by atoms with Crippen LogP contribution >= 0.6 is 0 Å². The van der Waals surface area contributed by atoms with Crippen LogP contribution in [0.5, 0.6) is 0 Å². The highest BCUT2D eigenvalue weighted by molar-refractivity contribution is 5.80. The van der Waals surface area contributed by atoms with Gasteiger partial charge < -0.3 is 20.7 Å². The molecule has 1 saturated heterocycles. The van der Waals surface area contributed by atoms with Crippen LogP contribution < -0.4 is 11.1 Å². The third-order valence-electron chi connectivity index (χ3n) is 3.75. The maximum absolute atomic E-state index is 11.3. The van der Waals surface area contributed by atoms with Crippen LogP contribution in [0.15, 0.2) is 4.99 Å². The second-order valence-electron chi connectivity index (χ2n) is 5.77. The summed E-state index contributed by atoms with van der Waals surface area (Å²) in [5, 5.41) is 3.28. The number of carbonyl (C=O) groups is 2. The predicted octanol–water partition coefficient (Wildman–Crippen LogP) is 0.883. The van der Waals surface area contributed by atoms with E-state index >= 15 is 0 Å². The lowest BCUT2D eigenvalue weighted by Gasteiger charge is -2.34. The van der Waals surface area contributed by atoms with Gasteiger partial charge in [-0.3, -0.25) is 14.6 Å². The van der Waals surface area contributed by atoms with Crippen LogP contribution in [-0.4, -0.2) is 55.5 Å². The Bertz CT molecular complexity index is 412. The van der Waals surface area contributed by atoms with Crippen molar-refractivity contribution < 1.29 is 14.3 Å². The number of ether oxygens (including phenoxy) is 1. The van der Waals surface area contributed by atoms with Crippen LogP contribution in [0.3, 0.4) is 0 Å². The summed E-state index contributed by atoms with van der Waals surface area (Å²) in [6.45, 7) is 7.34. The summed E-state index contributed by atoms with van der Waals surface area (Å²) in [6.07, 6.45) is 3.55. The molecule has 1 atom stereocenters. The Kier molecular flexibility index (Phi) is 9.09. The predicted molar refractivity (Wildman–Crippen MR) is 90.0 cm³/mol. The van der Waals surface area contributed by atoms with Gasteiger partial charge in [0.2, 0.25) is 5.91 Å². The number of hydrogen-bond acceptors (Lipinski definition) is 4. The number of piperidine rings is 1. The number of nitrogens with one attached hydrogen (secondary N) is 1. The Labute approximate surface area is 138 Å². The van der Waals surface area contributed by atoms with Gasteiger partial charge in [-0.05, 0) is 39.0 Å². The number of rotatable bonds is 8. The summed E-state index contributed by atoms with van der Waals surface area (Å²) in [7, 11) is 0. The Morgan fingerprint density at radius 2 is 2.17 bits per heavy atom. The summed E-state index contributed by atoms with van der Waals surface area (Å²) in [4.78, 5) is 29.2. The average Bonchev–Trinajstić information content (AvgIpc) is 2.50. The van der Waals surface area contributed by atoms with Crippen molar-refractivity contribution in [3.8, 4) is 0 Å². The molecule has 1 rings (SSSR count). The number of likely N-dealkylation sites (tertiary alicyclic amines) is 1. The highest BCUT2D eigenvalue weighted by atomic mass is 16.5. The van der Waals surface area contributed by atoms with E-state index in [-0.39, 0.29) is 11.9 Å². The Hall–Kier alpha value is -1.79. The van der Waals surface area contributed by atoms with Gasteiger partial charge in [0.1, 0.15) is 0 Å². The number of esters is 1. The lowest BCUT2D eigenvalue weighted by molar-refractivity contribution is -0.143. The molecule has 0 radical (unpaired) electrons.